The van der Waals surface area contributed by atoms with Gasteiger partial charge in [-0.25, -0.2) is 4.79 Å². The van der Waals surface area contributed by atoms with Crippen LogP contribution in [0.1, 0.15) is 15.9 Å². The Balaban J connectivity index is 0.000000878. The average Bonchev–Trinajstić information content (AvgIpc) is 2.71. The lowest BCUT2D eigenvalue weighted by molar-refractivity contribution is -0.191. The molecule has 0 unspecified atom stereocenters. The van der Waals surface area contributed by atoms with Gasteiger partial charge in [0.15, 0.2) is 0 Å². The first-order chi connectivity index (χ1) is 13.6. The van der Waals surface area contributed by atoms with Gasteiger partial charge in [-0.05, 0) is 55.0 Å². The van der Waals surface area contributed by atoms with Gasteiger partial charge in [-0.1, -0.05) is 30.3 Å². The highest BCUT2D eigenvalue weighted by Gasteiger charge is 2.10. The van der Waals surface area contributed by atoms with Gasteiger partial charge in [0.2, 0.25) is 0 Å². The first kappa shape index (κ1) is 20.4. The number of rotatable bonds is 5. The van der Waals surface area contributed by atoms with Crippen LogP contribution in [0.2, 0.25) is 0 Å². The van der Waals surface area contributed by atoms with E-state index in [2.05, 4.69) is 23.6 Å². The van der Waals surface area contributed by atoms with Crippen molar-refractivity contribution in [2.24, 2.45) is 0 Å². The molecule has 6 heteroatoms. The van der Waals surface area contributed by atoms with Crippen LogP contribution in [0, 0.1) is 6.92 Å². The molecule has 0 aliphatic rings. The van der Waals surface area contributed by atoms with Crippen LogP contribution in [0.5, 0.6) is 0 Å². The van der Waals surface area contributed by atoms with E-state index in [9.17, 15) is 4.79 Å². The number of esters is 1. The van der Waals surface area contributed by atoms with Gasteiger partial charge in [0.05, 0.1) is 18.4 Å². The van der Waals surface area contributed by atoms with E-state index >= 15 is 0 Å². The molecule has 142 valence electrons. The first-order valence-electron chi connectivity index (χ1n) is 8.45. The number of nitrogens with one attached hydrogen (secondary N) is 2. The van der Waals surface area contributed by atoms with Gasteiger partial charge in [0, 0.05) is 17.1 Å². The molecule has 6 nitrogen and oxygen atoms in total. The number of benzene rings is 3. The van der Waals surface area contributed by atoms with Crippen molar-refractivity contribution >= 4 is 34.9 Å². The lowest BCUT2D eigenvalue weighted by atomic mass is 10.1. The monoisotopic (exact) mass is 376 g/mol. The fraction of sp³-hybridized carbons (Fsp3) is 0.0909. The maximum absolute atomic E-state index is 11.8. The number of aryl methyl sites for hydroxylation is 1. The molecule has 0 fully saturated rings. The highest BCUT2D eigenvalue weighted by atomic mass is 16.5. The van der Waals surface area contributed by atoms with E-state index in [4.69, 9.17) is 14.3 Å². The molecule has 0 saturated carbocycles. The molecule has 3 rings (SSSR count). The average molecular weight is 376 g/mol. The van der Waals surface area contributed by atoms with Gasteiger partial charge in [-0.15, -0.1) is 0 Å². The summed E-state index contributed by atoms with van der Waals surface area (Å²) >= 11 is 0. The SMILES string of the molecule is COC(=O)c1ccccc1Nc1ccc(Nc2ccccc2C)cc1.O=C=O. The Morgan fingerprint density at radius 1 is 0.786 bits per heavy atom. The summed E-state index contributed by atoms with van der Waals surface area (Å²) in [6.07, 6.45) is 0.250. The molecule has 2 N–H and O–H groups in total. The molecule has 0 aliphatic heterocycles. The van der Waals surface area contributed by atoms with Crippen LogP contribution in [0.25, 0.3) is 0 Å². The Labute approximate surface area is 163 Å². The molecule has 0 aromatic heterocycles. The third-order valence-corrected chi connectivity index (χ3v) is 3.92. The van der Waals surface area contributed by atoms with Crippen molar-refractivity contribution in [2.75, 3.05) is 17.7 Å². The Hall–Kier alpha value is -3.89. The number of hydrogen-bond donors (Lipinski definition) is 2. The molecule has 3 aromatic carbocycles. The molecule has 0 radical (unpaired) electrons. The third-order valence-electron chi connectivity index (χ3n) is 3.92. The number of carbonyl (C=O) groups is 1. The Morgan fingerprint density at radius 2 is 1.25 bits per heavy atom. The van der Waals surface area contributed by atoms with Crippen LogP contribution in [-0.4, -0.2) is 19.2 Å². The van der Waals surface area contributed by atoms with Crippen molar-refractivity contribution in [3.63, 3.8) is 0 Å². The number of carbonyl (C=O) groups excluding carboxylic acids is 3. The lowest BCUT2D eigenvalue weighted by Gasteiger charge is -2.12. The summed E-state index contributed by atoms with van der Waals surface area (Å²) in [7, 11) is 1.38. The molecule has 0 aliphatic carbocycles. The van der Waals surface area contributed by atoms with Crippen molar-refractivity contribution in [3.8, 4) is 0 Å². The molecule has 0 atom stereocenters. The summed E-state index contributed by atoms with van der Waals surface area (Å²) in [6.45, 7) is 2.07. The zero-order valence-electron chi connectivity index (χ0n) is 15.6. The van der Waals surface area contributed by atoms with E-state index in [0.29, 0.717) is 11.3 Å². The van der Waals surface area contributed by atoms with Gasteiger partial charge < -0.3 is 15.4 Å². The minimum Gasteiger partial charge on any atom is -0.465 e. The molecular formula is C22H20N2O4. The zero-order valence-corrected chi connectivity index (χ0v) is 15.6. The van der Waals surface area contributed by atoms with E-state index in [1.54, 1.807) is 6.07 Å². The topological polar surface area (TPSA) is 84.5 Å². The van der Waals surface area contributed by atoms with Crippen molar-refractivity contribution in [3.05, 3.63) is 83.9 Å². The quantitative estimate of drug-likeness (QED) is 0.629. The summed E-state index contributed by atoms with van der Waals surface area (Å²) in [6, 6.07) is 23.4. The minimum absolute atomic E-state index is 0.250. The van der Waals surface area contributed by atoms with Crippen molar-refractivity contribution in [1.82, 2.24) is 0 Å². The fourth-order valence-electron chi connectivity index (χ4n) is 2.54. The minimum atomic E-state index is -0.360. The molecule has 0 bridgehead atoms. The standard InChI is InChI=1S/C21H20N2O2.CO2/c1-15-7-3-5-9-19(15)22-16-11-13-17(14-12-16)23-20-10-6-4-8-18(20)21(24)25-2;2-1-3/h3-14,22-23H,1-2H3;. The second kappa shape index (κ2) is 10.3. The number of hydrogen-bond acceptors (Lipinski definition) is 6. The number of methoxy groups -OCH3 is 1. The maximum atomic E-state index is 11.8. The van der Waals surface area contributed by atoms with Crippen molar-refractivity contribution in [2.45, 2.75) is 6.92 Å². The summed E-state index contributed by atoms with van der Waals surface area (Å²) in [5, 5.41) is 6.66. The van der Waals surface area contributed by atoms with Crippen LogP contribution >= 0.6 is 0 Å². The van der Waals surface area contributed by atoms with Crippen molar-refractivity contribution < 1.29 is 19.1 Å². The Bertz CT molecular complexity index is 962. The van der Waals surface area contributed by atoms with Crippen LogP contribution in [0.3, 0.4) is 0 Å². The first-order valence-corrected chi connectivity index (χ1v) is 8.45. The predicted octanol–water partition coefficient (Wildman–Crippen LogP) is 4.69. The Morgan fingerprint density at radius 3 is 1.79 bits per heavy atom. The molecule has 0 saturated heterocycles. The summed E-state index contributed by atoms with van der Waals surface area (Å²) in [5.74, 6) is -0.360. The van der Waals surface area contributed by atoms with Gasteiger partial charge in [-0.2, -0.15) is 9.59 Å². The smallest absolute Gasteiger partial charge is 0.373 e. The second-order valence-corrected chi connectivity index (χ2v) is 5.76. The Kier molecular flexibility index (Phi) is 7.52. The second-order valence-electron chi connectivity index (χ2n) is 5.76. The van der Waals surface area contributed by atoms with Gasteiger partial charge in [-0.3, -0.25) is 0 Å². The molecule has 3 aromatic rings. The largest absolute Gasteiger partial charge is 0.465 e. The van der Waals surface area contributed by atoms with Gasteiger partial charge in [0.1, 0.15) is 0 Å². The predicted molar refractivity (Wildman–Crippen MR) is 107 cm³/mol. The van der Waals surface area contributed by atoms with E-state index in [1.807, 2.05) is 60.7 Å². The van der Waals surface area contributed by atoms with Crippen LogP contribution in [0.4, 0.5) is 22.7 Å². The van der Waals surface area contributed by atoms with Gasteiger partial charge in [0.25, 0.3) is 0 Å². The fourth-order valence-corrected chi connectivity index (χ4v) is 2.54. The number of para-hydroxylation sites is 2. The highest BCUT2D eigenvalue weighted by Crippen LogP contribution is 2.25. The normalized spacial score (nSPS) is 9.36. The zero-order chi connectivity index (χ0) is 20.4. The van der Waals surface area contributed by atoms with Crippen LogP contribution in [-0.2, 0) is 14.3 Å². The molecule has 0 amide bonds. The van der Waals surface area contributed by atoms with E-state index in [1.165, 1.54) is 12.7 Å². The van der Waals surface area contributed by atoms with Crippen molar-refractivity contribution in [1.29, 1.82) is 0 Å². The highest BCUT2D eigenvalue weighted by molar-refractivity contribution is 5.96. The molecule has 0 heterocycles. The summed E-state index contributed by atoms with van der Waals surface area (Å²) < 4.78 is 4.82. The maximum Gasteiger partial charge on any atom is 0.373 e. The van der Waals surface area contributed by atoms with Gasteiger partial charge >= 0.3 is 12.1 Å². The summed E-state index contributed by atoms with van der Waals surface area (Å²) in [4.78, 5) is 28.1. The molecule has 0 spiro atoms. The van der Waals surface area contributed by atoms with E-state index < -0.39 is 0 Å². The number of ether oxygens (including phenoxy) is 1. The van der Waals surface area contributed by atoms with Crippen LogP contribution < -0.4 is 10.6 Å². The lowest BCUT2D eigenvalue weighted by Crippen LogP contribution is -2.05. The van der Waals surface area contributed by atoms with E-state index in [-0.39, 0.29) is 12.1 Å². The number of anilines is 4. The molecule has 28 heavy (non-hydrogen) atoms. The third kappa shape index (κ3) is 5.56. The van der Waals surface area contributed by atoms with E-state index in [0.717, 1.165) is 17.1 Å². The molecular weight excluding hydrogens is 356 g/mol. The van der Waals surface area contributed by atoms with Crippen LogP contribution in [0.15, 0.2) is 72.8 Å². The summed E-state index contributed by atoms with van der Waals surface area (Å²) in [5.41, 5.74) is 5.39.